The Morgan fingerprint density at radius 3 is 2.18 bits per heavy atom. The van der Waals surface area contributed by atoms with Gasteiger partial charge in [-0.2, -0.15) is 8.78 Å². The highest BCUT2D eigenvalue weighted by Gasteiger charge is 2.30. The maximum Gasteiger partial charge on any atom is 0.360 e. The first-order chi connectivity index (χ1) is 16.0. The van der Waals surface area contributed by atoms with Crippen molar-refractivity contribution in [2.45, 2.75) is 83.3 Å². The number of benzene rings is 2. The van der Waals surface area contributed by atoms with Gasteiger partial charge >= 0.3 is 6.11 Å². The van der Waals surface area contributed by atoms with Crippen molar-refractivity contribution < 1.29 is 13.5 Å². The van der Waals surface area contributed by atoms with E-state index in [-0.39, 0.29) is 6.61 Å². The predicted octanol–water partition coefficient (Wildman–Crippen LogP) is 8.79. The third-order valence-electron chi connectivity index (χ3n) is 6.80. The van der Waals surface area contributed by atoms with Crippen LogP contribution in [0.4, 0.5) is 8.78 Å². The smallest absolute Gasteiger partial charge is 0.315 e. The zero-order valence-electron chi connectivity index (χ0n) is 19.9. The fourth-order valence-electron chi connectivity index (χ4n) is 4.74. The third-order valence-corrected chi connectivity index (χ3v) is 6.80. The number of ether oxygens (including phenoxy) is 1. The van der Waals surface area contributed by atoms with Crippen molar-refractivity contribution in [1.82, 2.24) is 0 Å². The van der Waals surface area contributed by atoms with Gasteiger partial charge in [-0.05, 0) is 92.4 Å². The molecule has 0 aromatic heterocycles. The Kier molecular flexibility index (Phi) is 9.87. The molecular weight excluding hydrogens is 414 g/mol. The normalized spacial score (nSPS) is 19.1. The summed E-state index contributed by atoms with van der Waals surface area (Å²) in [5, 5.41) is 0. The molecule has 1 nitrogen and oxygen atoms in total. The van der Waals surface area contributed by atoms with Crippen LogP contribution in [0.1, 0.15) is 80.0 Å². The minimum absolute atomic E-state index is 0.0803. The molecule has 178 valence electrons. The predicted molar refractivity (Wildman–Crippen MR) is 134 cm³/mol. The van der Waals surface area contributed by atoms with E-state index in [1.165, 1.54) is 37.7 Å². The summed E-state index contributed by atoms with van der Waals surface area (Å²) in [6.07, 6.45) is 11.8. The molecule has 3 heteroatoms. The van der Waals surface area contributed by atoms with Crippen molar-refractivity contribution in [2.24, 2.45) is 5.92 Å². The monoisotopic (exact) mass is 452 g/mol. The van der Waals surface area contributed by atoms with Gasteiger partial charge in [0, 0.05) is 0 Å². The Bertz CT molecular complexity index is 859. The van der Waals surface area contributed by atoms with E-state index < -0.39 is 12.5 Å². The molecule has 0 bridgehead atoms. The van der Waals surface area contributed by atoms with E-state index in [9.17, 15) is 8.78 Å². The molecule has 0 radical (unpaired) electrons. The molecule has 0 saturated heterocycles. The van der Waals surface area contributed by atoms with Gasteiger partial charge in [-0.25, -0.2) is 0 Å². The number of alkyl halides is 2. The molecule has 2 aromatic carbocycles. The summed E-state index contributed by atoms with van der Waals surface area (Å²) in [4.78, 5) is 0. The summed E-state index contributed by atoms with van der Waals surface area (Å²) in [5.74, 6) is 1.41. The van der Waals surface area contributed by atoms with Crippen LogP contribution in [0.15, 0.2) is 73.3 Å². The Hall–Kier alpha value is -2.26. The number of hydrogen-bond donors (Lipinski definition) is 0. The Balaban J connectivity index is 1.45. The van der Waals surface area contributed by atoms with Crippen LogP contribution in [-0.4, -0.2) is 6.11 Å². The molecule has 0 aliphatic heterocycles. The van der Waals surface area contributed by atoms with E-state index in [1.807, 2.05) is 43.3 Å². The first kappa shape index (κ1) is 25.4. The Morgan fingerprint density at radius 2 is 1.55 bits per heavy atom. The van der Waals surface area contributed by atoms with E-state index in [1.54, 1.807) is 12.1 Å². The van der Waals surface area contributed by atoms with Crippen molar-refractivity contribution >= 4 is 0 Å². The molecule has 1 aliphatic carbocycles. The molecule has 3 rings (SSSR count). The van der Waals surface area contributed by atoms with Crippen molar-refractivity contribution in [3.8, 4) is 0 Å². The summed E-state index contributed by atoms with van der Waals surface area (Å²) < 4.78 is 33.8. The lowest BCUT2D eigenvalue weighted by Crippen LogP contribution is -2.23. The van der Waals surface area contributed by atoms with Crippen LogP contribution in [0.2, 0.25) is 0 Å². The molecule has 0 spiro atoms. The molecule has 1 aliphatic rings. The summed E-state index contributed by atoms with van der Waals surface area (Å²) in [7, 11) is 0. The standard InChI is InChI=1S/C30H38F2O/c1-3-5-7-9-25-10-12-26(13-11-25)22-30(31,32)33-23-27-16-20-29(21-17-27)28-18-14-24(15-19-28)8-6-4-2/h3-5,10-13,16-17,20-21,24,28H,2,6-9,14-15,18-19,22-23H2,1H3. The minimum atomic E-state index is -3.19. The number of rotatable bonds is 12. The van der Waals surface area contributed by atoms with Crippen molar-refractivity contribution in [1.29, 1.82) is 0 Å². The second kappa shape index (κ2) is 12.8. The molecule has 0 atom stereocenters. The van der Waals surface area contributed by atoms with Gasteiger partial charge in [-0.15, -0.1) is 6.58 Å². The molecule has 0 amide bonds. The SMILES string of the molecule is C=CCCC1CCC(c2ccc(COC(F)(F)Cc3ccc(CCC=CC)cc3)cc2)CC1. The molecule has 2 aromatic rings. The Morgan fingerprint density at radius 1 is 0.909 bits per heavy atom. The van der Waals surface area contributed by atoms with Gasteiger partial charge < -0.3 is 4.74 Å². The average molecular weight is 453 g/mol. The molecule has 33 heavy (non-hydrogen) atoms. The van der Waals surface area contributed by atoms with Gasteiger partial charge in [0.05, 0.1) is 13.0 Å². The van der Waals surface area contributed by atoms with Gasteiger partial charge in [-0.1, -0.05) is 66.8 Å². The zero-order valence-corrected chi connectivity index (χ0v) is 19.9. The number of hydrogen-bond acceptors (Lipinski definition) is 1. The van der Waals surface area contributed by atoms with Gasteiger partial charge in [-0.3, -0.25) is 0 Å². The average Bonchev–Trinajstić information content (AvgIpc) is 2.83. The van der Waals surface area contributed by atoms with Crippen molar-refractivity contribution in [2.75, 3.05) is 0 Å². The maximum atomic E-state index is 14.4. The van der Waals surface area contributed by atoms with Crippen molar-refractivity contribution in [3.05, 3.63) is 95.6 Å². The highest BCUT2D eigenvalue weighted by Crippen LogP contribution is 2.37. The van der Waals surface area contributed by atoms with Gasteiger partial charge in [0.25, 0.3) is 0 Å². The molecule has 1 fully saturated rings. The molecule has 0 unspecified atom stereocenters. The topological polar surface area (TPSA) is 9.23 Å². The number of aryl methyl sites for hydroxylation is 1. The first-order valence-electron chi connectivity index (χ1n) is 12.4. The quantitative estimate of drug-likeness (QED) is 0.292. The van der Waals surface area contributed by atoms with Crippen LogP contribution in [0.5, 0.6) is 0 Å². The summed E-state index contributed by atoms with van der Waals surface area (Å²) in [6.45, 7) is 5.74. The fourth-order valence-corrected chi connectivity index (χ4v) is 4.74. The van der Waals surface area contributed by atoms with Crippen LogP contribution >= 0.6 is 0 Å². The second-order valence-corrected chi connectivity index (χ2v) is 9.35. The van der Waals surface area contributed by atoms with Crippen LogP contribution in [-0.2, 0) is 24.2 Å². The molecule has 1 saturated carbocycles. The van der Waals surface area contributed by atoms with Crippen molar-refractivity contribution in [3.63, 3.8) is 0 Å². The lowest BCUT2D eigenvalue weighted by Gasteiger charge is -2.28. The van der Waals surface area contributed by atoms with Crippen LogP contribution < -0.4 is 0 Å². The summed E-state index contributed by atoms with van der Waals surface area (Å²) in [6, 6.07) is 15.5. The minimum Gasteiger partial charge on any atom is -0.315 e. The Labute approximate surface area is 198 Å². The van der Waals surface area contributed by atoms with Gasteiger partial charge in [0.1, 0.15) is 0 Å². The van der Waals surface area contributed by atoms with Gasteiger partial charge in [0.2, 0.25) is 0 Å². The summed E-state index contributed by atoms with van der Waals surface area (Å²) in [5.41, 5.74) is 3.86. The fraction of sp³-hybridized carbons (Fsp3) is 0.467. The van der Waals surface area contributed by atoms with E-state index in [0.29, 0.717) is 11.5 Å². The van der Waals surface area contributed by atoms with Crippen LogP contribution in [0, 0.1) is 5.92 Å². The largest absolute Gasteiger partial charge is 0.360 e. The highest BCUT2D eigenvalue weighted by atomic mass is 19.3. The van der Waals surface area contributed by atoms with E-state index in [2.05, 4.69) is 24.8 Å². The van der Waals surface area contributed by atoms with E-state index in [4.69, 9.17) is 4.74 Å². The number of halogens is 2. The van der Waals surface area contributed by atoms with E-state index >= 15 is 0 Å². The summed E-state index contributed by atoms with van der Waals surface area (Å²) >= 11 is 0. The molecule has 0 heterocycles. The zero-order chi connectivity index (χ0) is 23.5. The highest BCUT2D eigenvalue weighted by molar-refractivity contribution is 5.26. The molecule has 0 N–H and O–H groups in total. The van der Waals surface area contributed by atoms with Gasteiger partial charge in [0.15, 0.2) is 0 Å². The number of allylic oxidation sites excluding steroid dienone is 3. The van der Waals surface area contributed by atoms with Crippen LogP contribution in [0.3, 0.4) is 0 Å². The van der Waals surface area contributed by atoms with Crippen LogP contribution in [0.25, 0.3) is 0 Å². The van der Waals surface area contributed by atoms with E-state index in [0.717, 1.165) is 36.3 Å². The maximum absolute atomic E-state index is 14.4. The lowest BCUT2D eigenvalue weighted by atomic mass is 9.77. The molecular formula is C30H38F2O. The third kappa shape index (κ3) is 8.55. The lowest BCUT2D eigenvalue weighted by molar-refractivity contribution is -0.244. The first-order valence-corrected chi connectivity index (χ1v) is 12.4. The second-order valence-electron chi connectivity index (χ2n) is 9.35.